The topological polar surface area (TPSA) is 108 Å². The lowest BCUT2D eigenvalue weighted by Gasteiger charge is -2.34. The molecule has 1 fully saturated rings. The molecule has 3 N–H and O–H groups in total. The van der Waals surface area contributed by atoms with Crippen LogP contribution < -0.4 is 10.6 Å². The molecule has 1 aliphatic rings. The molecule has 0 spiro atoms. The summed E-state index contributed by atoms with van der Waals surface area (Å²) >= 11 is 0. The van der Waals surface area contributed by atoms with E-state index in [2.05, 4.69) is 10.6 Å². The third kappa shape index (κ3) is 4.89. The molecule has 0 saturated carbocycles. The number of carbonyl (C=O) groups is 3. The molecule has 21 heavy (non-hydrogen) atoms. The molecular formula is C13H23N3O5. The molecule has 3 amide bonds. The van der Waals surface area contributed by atoms with Crippen LogP contribution in [0.5, 0.6) is 0 Å². The normalized spacial score (nSPS) is 19.7. The van der Waals surface area contributed by atoms with Crippen molar-refractivity contribution in [2.24, 2.45) is 5.92 Å². The summed E-state index contributed by atoms with van der Waals surface area (Å²) in [5, 5.41) is 14.1. The Bertz CT molecular complexity index is 388. The quantitative estimate of drug-likeness (QED) is 0.621. The number of carbonyl (C=O) groups excluding carboxylic acids is 2. The summed E-state index contributed by atoms with van der Waals surface area (Å²) < 4.78 is 5.21. The molecule has 1 saturated heterocycles. The Morgan fingerprint density at radius 2 is 2.14 bits per heavy atom. The van der Waals surface area contributed by atoms with Gasteiger partial charge in [0.1, 0.15) is 6.04 Å². The molecule has 0 radical (unpaired) electrons. The standard InChI is InChI=1S/C13H23N3O5/c1-3-4-9(12(18)19)7-15-13(20)16-5-6-21-8-10(16)11(17)14-2/h9-10H,3-8H2,1-2H3,(H,14,17)(H,15,20)(H,18,19). The van der Waals surface area contributed by atoms with E-state index < -0.39 is 24.0 Å². The summed E-state index contributed by atoms with van der Waals surface area (Å²) in [5.74, 6) is -1.84. The minimum Gasteiger partial charge on any atom is -0.481 e. The molecule has 0 bridgehead atoms. The Morgan fingerprint density at radius 1 is 1.43 bits per heavy atom. The van der Waals surface area contributed by atoms with Gasteiger partial charge in [0, 0.05) is 20.1 Å². The molecule has 0 aliphatic carbocycles. The first-order chi connectivity index (χ1) is 10.0. The highest BCUT2D eigenvalue weighted by Crippen LogP contribution is 2.09. The number of likely N-dealkylation sites (N-methyl/N-ethyl adjacent to an activating group) is 1. The second-order valence-electron chi connectivity index (χ2n) is 4.91. The van der Waals surface area contributed by atoms with E-state index in [0.717, 1.165) is 6.42 Å². The molecule has 0 aromatic heterocycles. The average Bonchev–Trinajstić information content (AvgIpc) is 2.50. The molecule has 0 aromatic rings. The molecule has 8 nitrogen and oxygen atoms in total. The van der Waals surface area contributed by atoms with Crippen LogP contribution in [0.15, 0.2) is 0 Å². The van der Waals surface area contributed by atoms with Crippen LogP contribution in [0, 0.1) is 5.92 Å². The molecule has 2 atom stereocenters. The Labute approximate surface area is 123 Å². The molecular weight excluding hydrogens is 278 g/mol. The molecule has 2 unspecified atom stereocenters. The Morgan fingerprint density at radius 3 is 2.71 bits per heavy atom. The summed E-state index contributed by atoms with van der Waals surface area (Å²) in [6.07, 6.45) is 1.23. The van der Waals surface area contributed by atoms with Gasteiger partial charge in [-0.25, -0.2) is 4.79 Å². The van der Waals surface area contributed by atoms with Crippen LogP contribution in [0.4, 0.5) is 4.79 Å². The SMILES string of the molecule is CCCC(CNC(=O)N1CCOCC1C(=O)NC)C(=O)O. The maximum absolute atomic E-state index is 12.1. The predicted octanol–water partition coefficient (Wildman–Crippen LogP) is -0.356. The number of ether oxygens (including phenoxy) is 1. The van der Waals surface area contributed by atoms with Gasteiger partial charge in [0.05, 0.1) is 19.1 Å². The summed E-state index contributed by atoms with van der Waals surface area (Å²) in [4.78, 5) is 36.3. The fraction of sp³-hybridized carbons (Fsp3) is 0.769. The van der Waals surface area contributed by atoms with Crippen LogP contribution in [0.2, 0.25) is 0 Å². The Kier molecular flexibility index (Phi) is 6.93. The van der Waals surface area contributed by atoms with Crippen molar-refractivity contribution in [3.05, 3.63) is 0 Å². The van der Waals surface area contributed by atoms with Crippen LogP contribution in [0.3, 0.4) is 0 Å². The first kappa shape index (κ1) is 17.2. The van der Waals surface area contributed by atoms with Gasteiger partial charge >= 0.3 is 12.0 Å². The molecule has 1 aliphatic heterocycles. The number of nitrogens with zero attached hydrogens (tertiary/aromatic N) is 1. The van der Waals surface area contributed by atoms with Gasteiger partial charge < -0.3 is 25.4 Å². The van der Waals surface area contributed by atoms with E-state index >= 15 is 0 Å². The molecule has 1 heterocycles. The number of hydrogen-bond donors (Lipinski definition) is 3. The predicted molar refractivity (Wildman–Crippen MR) is 74.8 cm³/mol. The zero-order valence-corrected chi connectivity index (χ0v) is 12.4. The van der Waals surface area contributed by atoms with Crippen LogP contribution in [0.1, 0.15) is 19.8 Å². The monoisotopic (exact) mass is 301 g/mol. The molecule has 8 heteroatoms. The van der Waals surface area contributed by atoms with E-state index in [0.29, 0.717) is 19.6 Å². The third-order valence-corrected chi connectivity index (χ3v) is 3.42. The van der Waals surface area contributed by atoms with Crippen molar-refractivity contribution in [3.63, 3.8) is 0 Å². The van der Waals surface area contributed by atoms with Gasteiger partial charge in [-0.2, -0.15) is 0 Å². The van der Waals surface area contributed by atoms with Crippen molar-refractivity contribution in [3.8, 4) is 0 Å². The van der Waals surface area contributed by atoms with Crippen molar-refractivity contribution in [2.75, 3.05) is 33.4 Å². The largest absolute Gasteiger partial charge is 0.481 e. The third-order valence-electron chi connectivity index (χ3n) is 3.42. The average molecular weight is 301 g/mol. The fourth-order valence-corrected chi connectivity index (χ4v) is 2.20. The van der Waals surface area contributed by atoms with Crippen molar-refractivity contribution in [1.29, 1.82) is 0 Å². The lowest BCUT2D eigenvalue weighted by atomic mass is 10.0. The van der Waals surface area contributed by atoms with Crippen molar-refractivity contribution >= 4 is 17.9 Å². The van der Waals surface area contributed by atoms with E-state index in [1.165, 1.54) is 11.9 Å². The van der Waals surface area contributed by atoms with Crippen molar-refractivity contribution < 1.29 is 24.2 Å². The Balaban J connectivity index is 2.59. The second kappa shape index (κ2) is 8.46. The van der Waals surface area contributed by atoms with E-state index in [4.69, 9.17) is 9.84 Å². The van der Waals surface area contributed by atoms with Crippen molar-refractivity contribution in [1.82, 2.24) is 15.5 Å². The van der Waals surface area contributed by atoms with Crippen LogP contribution in [0.25, 0.3) is 0 Å². The van der Waals surface area contributed by atoms with Gasteiger partial charge in [0.2, 0.25) is 5.91 Å². The number of carboxylic acid groups (broad SMARTS) is 1. The van der Waals surface area contributed by atoms with Crippen LogP contribution >= 0.6 is 0 Å². The first-order valence-corrected chi connectivity index (χ1v) is 7.07. The molecule has 1 rings (SSSR count). The maximum Gasteiger partial charge on any atom is 0.318 e. The fourth-order valence-electron chi connectivity index (χ4n) is 2.20. The van der Waals surface area contributed by atoms with Crippen LogP contribution in [-0.2, 0) is 14.3 Å². The summed E-state index contributed by atoms with van der Waals surface area (Å²) in [7, 11) is 1.49. The highest BCUT2D eigenvalue weighted by atomic mass is 16.5. The molecule has 120 valence electrons. The van der Waals surface area contributed by atoms with Gasteiger partial charge in [-0.3, -0.25) is 9.59 Å². The minimum atomic E-state index is -0.929. The number of amides is 3. The van der Waals surface area contributed by atoms with E-state index in [-0.39, 0.29) is 19.1 Å². The van der Waals surface area contributed by atoms with Gasteiger partial charge in [0.15, 0.2) is 0 Å². The number of hydrogen-bond acceptors (Lipinski definition) is 4. The zero-order valence-electron chi connectivity index (χ0n) is 12.4. The number of rotatable bonds is 6. The maximum atomic E-state index is 12.1. The summed E-state index contributed by atoms with van der Waals surface area (Å²) in [6, 6.07) is -1.12. The van der Waals surface area contributed by atoms with E-state index in [9.17, 15) is 14.4 Å². The number of urea groups is 1. The summed E-state index contributed by atoms with van der Waals surface area (Å²) in [6.45, 7) is 2.75. The smallest absolute Gasteiger partial charge is 0.318 e. The zero-order chi connectivity index (χ0) is 15.8. The number of nitrogens with one attached hydrogen (secondary N) is 2. The van der Waals surface area contributed by atoms with Gasteiger partial charge in [-0.1, -0.05) is 13.3 Å². The van der Waals surface area contributed by atoms with Gasteiger partial charge in [-0.15, -0.1) is 0 Å². The highest BCUT2D eigenvalue weighted by Gasteiger charge is 2.32. The summed E-state index contributed by atoms with van der Waals surface area (Å²) in [5.41, 5.74) is 0. The lowest BCUT2D eigenvalue weighted by Crippen LogP contribution is -2.58. The van der Waals surface area contributed by atoms with Crippen molar-refractivity contribution in [2.45, 2.75) is 25.8 Å². The lowest BCUT2D eigenvalue weighted by molar-refractivity contribution is -0.141. The first-order valence-electron chi connectivity index (χ1n) is 7.07. The van der Waals surface area contributed by atoms with Gasteiger partial charge in [0.25, 0.3) is 0 Å². The van der Waals surface area contributed by atoms with Gasteiger partial charge in [-0.05, 0) is 6.42 Å². The number of aliphatic carboxylic acids is 1. The van der Waals surface area contributed by atoms with E-state index in [1.54, 1.807) is 0 Å². The number of morpholine rings is 1. The van der Waals surface area contributed by atoms with E-state index in [1.807, 2.05) is 6.92 Å². The second-order valence-corrected chi connectivity index (χ2v) is 4.91. The molecule has 0 aromatic carbocycles. The number of carboxylic acids is 1. The Hall–Kier alpha value is -1.83. The van der Waals surface area contributed by atoms with Crippen LogP contribution in [-0.4, -0.2) is 67.3 Å². The minimum absolute atomic E-state index is 0.0554. The highest BCUT2D eigenvalue weighted by molar-refractivity contribution is 5.87.